The zero-order valence-electron chi connectivity index (χ0n) is 26.6. The normalized spacial score (nSPS) is 22.3. The van der Waals surface area contributed by atoms with Gasteiger partial charge in [-0.05, 0) is 28.3 Å². The van der Waals surface area contributed by atoms with Crippen LogP contribution in [-0.2, 0) is 54.9 Å². The summed E-state index contributed by atoms with van der Waals surface area (Å²) in [6.45, 7) is 9.40. The molecule has 1 N–H and O–H groups in total. The fourth-order valence-corrected chi connectivity index (χ4v) is 5.66. The topological polar surface area (TPSA) is 75.3 Å². The third-order valence-electron chi connectivity index (χ3n) is 8.15. The summed E-state index contributed by atoms with van der Waals surface area (Å²) in [6.07, 6.45) is 0.370. The van der Waals surface area contributed by atoms with E-state index < -0.39 is 30.0 Å². The Kier molecular flexibility index (Phi) is 12.7. The summed E-state index contributed by atoms with van der Waals surface area (Å²) in [7, 11) is 0. The summed E-state index contributed by atoms with van der Waals surface area (Å²) in [4.78, 5) is 12.5. The average molecular weight is 634 g/mol. The van der Waals surface area contributed by atoms with Gasteiger partial charge in [-0.2, -0.15) is 0 Å². The molecule has 47 heavy (non-hydrogen) atoms. The average Bonchev–Trinajstić information content (AvgIpc) is 3.13. The van der Waals surface area contributed by atoms with Gasteiger partial charge in [0.25, 0.3) is 0 Å². The predicted octanol–water partition coefficient (Wildman–Crippen LogP) is 6.59. The number of amides is 1. The lowest BCUT2D eigenvalue weighted by Crippen LogP contribution is -2.69. The minimum atomic E-state index is -1.19. The Labute approximate surface area is 277 Å². The van der Waals surface area contributed by atoms with E-state index >= 15 is 0 Å². The first-order valence-corrected chi connectivity index (χ1v) is 15.9. The van der Waals surface area contributed by atoms with Crippen LogP contribution in [0.4, 0.5) is 0 Å². The maximum Gasteiger partial charge on any atom is 0.243 e. The molecule has 5 atom stereocenters. The van der Waals surface area contributed by atoms with Gasteiger partial charge in [-0.15, -0.1) is 6.58 Å². The van der Waals surface area contributed by atoms with Crippen molar-refractivity contribution in [3.63, 3.8) is 0 Å². The second-order valence-electron chi connectivity index (χ2n) is 11.5. The molecule has 7 nitrogen and oxygen atoms in total. The van der Waals surface area contributed by atoms with Gasteiger partial charge in [0.2, 0.25) is 5.91 Å². The lowest BCUT2D eigenvalue weighted by molar-refractivity contribution is -0.293. The number of carbonyl (C=O) groups excluding carboxylic acids is 1. The lowest BCUT2D eigenvalue weighted by atomic mass is 9.83. The van der Waals surface area contributed by atoms with Crippen LogP contribution in [0.3, 0.4) is 0 Å². The van der Waals surface area contributed by atoms with Crippen LogP contribution in [0.25, 0.3) is 0 Å². The molecule has 0 radical (unpaired) electrons. The van der Waals surface area contributed by atoms with Crippen LogP contribution < -0.4 is 5.32 Å². The van der Waals surface area contributed by atoms with Crippen molar-refractivity contribution in [3.8, 4) is 0 Å². The second kappa shape index (κ2) is 17.5. The molecule has 4 aromatic rings. The number of rotatable bonds is 17. The summed E-state index contributed by atoms with van der Waals surface area (Å²) in [5, 5.41) is 2.92. The third kappa shape index (κ3) is 9.58. The number of hydrogen-bond donors (Lipinski definition) is 1. The molecule has 0 saturated carbocycles. The summed E-state index contributed by atoms with van der Waals surface area (Å²) in [5.41, 5.74) is 2.85. The number of nitrogens with one attached hydrogen (secondary N) is 1. The molecule has 5 rings (SSSR count). The van der Waals surface area contributed by atoms with Crippen LogP contribution in [0.15, 0.2) is 147 Å². The van der Waals surface area contributed by atoms with Gasteiger partial charge in [0.15, 0.2) is 0 Å². The van der Waals surface area contributed by atoms with E-state index in [1.807, 2.05) is 121 Å². The third-order valence-corrected chi connectivity index (χ3v) is 8.15. The van der Waals surface area contributed by atoms with E-state index in [2.05, 4.69) is 18.5 Å². The van der Waals surface area contributed by atoms with Gasteiger partial charge in [0.05, 0.1) is 39.6 Å². The number of hydrogen-bond acceptors (Lipinski definition) is 6. The first-order valence-electron chi connectivity index (χ1n) is 15.9. The van der Waals surface area contributed by atoms with Crippen molar-refractivity contribution in [2.75, 3.05) is 13.2 Å². The number of benzene rings is 4. The molecule has 0 bridgehead atoms. The molecule has 7 heteroatoms. The zero-order chi connectivity index (χ0) is 32.7. The highest BCUT2D eigenvalue weighted by Gasteiger charge is 2.55. The summed E-state index contributed by atoms with van der Waals surface area (Å²) in [5.74, 6) is -0.335. The van der Waals surface area contributed by atoms with E-state index in [1.165, 1.54) is 6.08 Å². The number of ether oxygens (including phenoxy) is 5. The number of carbonyl (C=O) groups is 1. The van der Waals surface area contributed by atoms with Crippen LogP contribution in [-0.4, -0.2) is 49.1 Å². The van der Waals surface area contributed by atoms with Gasteiger partial charge in [-0.3, -0.25) is 4.79 Å². The molecule has 1 aliphatic heterocycles. The predicted molar refractivity (Wildman–Crippen MR) is 182 cm³/mol. The van der Waals surface area contributed by atoms with Crippen LogP contribution in [0.1, 0.15) is 22.3 Å². The molecule has 1 saturated heterocycles. The van der Waals surface area contributed by atoms with Crippen LogP contribution in [0.2, 0.25) is 0 Å². The molecule has 1 heterocycles. The van der Waals surface area contributed by atoms with Gasteiger partial charge >= 0.3 is 0 Å². The second-order valence-corrected chi connectivity index (χ2v) is 11.5. The van der Waals surface area contributed by atoms with Gasteiger partial charge in [0, 0.05) is 0 Å². The van der Waals surface area contributed by atoms with Crippen molar-refractivity contribution >= 4 is 5.91 Å². The van der Waals surface area contributed by atoms with Gasteiger partial charge in [0.1, 0.15) is 30.0 Å². The smallest absolute Gasteiger partial charge is 0.243 e. The molecule has 0 aromatic heterocycles. The van der Waals surface area contributed by atoms with E-state index in [4.69, 9.17) is 23.7 Å². The molecule has 0 unspecified atom stereocenters. The van der Waals surface area contributed by atoms with Crippen molar-refractivity contribution in [2.45, 2.75) is 56.4 Å². The molecule has 1 amide bonds. The van der Waals surface area contributed by atoms with Crippen LogP contribution >= 0.6 is 0 Å². The quantitative estimate of drug-likeness (QED) is 0.105. The highest BCUT2D eigenvalue weighted by molar-refractivity contribution is 5.86. The summed E-state index contributed by atoms with van der Waals surface area (Å²) < 4.78 is 33.4. The Balaban J connectivity index is 1.51. The maximum absolute atomic E-state index is 12.5. The fraction of sp³-hybridized carbons (Fsp3) is 0.275. The molecule has 1 fully saturated rings. The van der Waals surface area contributed by atoms with Gasteiger partial charge < -0.3 is 29.0 Å². The Morgan fingerprint density at radius 1 is 0.660 bits per heavy atom. The fourth-order valence-electron chi connectivity index (χ4n) is 5.66. The molecule has 0 aliphatic carbocycles. The van der Waals surface area contributed by atoms with Crippen molar-refractivity contribution in [1.29, 1.82) is 0 Å². The molecular weight excluding hydrogens is 590 g/mol. The lowest BCUT2D eigenvalue weighted by Gasteiger charge is -2.51. The molecule has 0 spiro atoms. The van der Waals surface area contributed by atoms with E-state index in [1.54, 1.807) is 6.08 Å². The summed E-state index contributed by atoms with van der Waals surface area (Å²) in [6, 6.07) is 39.8. The van der Waals surface area contributed by atoms with Crippen molar-refractivity contribution in [2.24, 2.45) is 0 Å². The van der Waals surface area contributed by atoms with E-state index in [9.17, 15) is 4.79 Å². The van der Waals surface area contributed by atoms with E-state index in [0.717, 1.165) is 22.3 Å². The van der Waals surface area contributed by atoms with E-state index in [-0.39, 0.29) is 25.7 Å². The SMILES string of the molecule is C=CC(=O)NC[C@@]1(C=C)O[C@H](COCc2ccccc2)[C@@H](OCc2ccccc2)[C@H](OCc2ccccc2)[C@H]1OCc1ccccc1. The van der Waals surface area contributed by atoms with Gasteiger partial charge in [-0.1, -0.05) is 134 Å². The van der Waals surface area contributed by atoms with Crippen LogP contribution in [0, 0.1) is 0 Å². The monoisotopic (exact) mass is 633 g/mol. The molecule has 244 valence electrons. The highest BCUT2D eigenvalue weighted by Crippen LogP contribution is 2.38. The van der Waals surface area contributed by atoms with Gasteiger partial charge in [-0.25, -0.2) is 0 Å². The molecule has 1 aliphatic rings. The Morgan fingerprint density at radius 3 is 1.57 bits per heavy atom. The largest absolute Gasteiger partial charge is 0.374 e. The van der Waals surface area contributed by atoms with E-state index in [0.29, 0.717) is 19.8 Å². The minimum Gasteiger partial charge on any atom is -0.374 e. The minimum absolute atomic E-state index is 0.0760. The Hall–Kier alpha value is -4.37. The highest BCUT2D eigenvalue weighted by atomic mass is 16.6. The maximum atomic E-state index is 12.5. The van der Waals surface area contributed by atoms with Crippen molar-refractivity contribution in [1.82, 2.24) is 5.32 Å². The zero-order valence-corrected chi connectivity index (χ0v) is 26.6. The van der Waals surface area contributed by atoms with Crippen molar-refractivity contribution in [3.05, 3.63) is 169 Å². The summed E-state index contributed by atoms with van der Waals surface area (Å²) >= 11 is 0. The Bertz CT molecular complexity index is 1520. The first-order chi connectivity index (χ1) is 23.1. The molecule has 4 aromatic carbocycles. The first kappa shape index (κ1) is 34.0. The van der Waals surface area contributed by atoms with Crippen LogP contribution in [0.5, 0.6) is 0 Å². The Morgan fingerprint density at radius 2 is 1.11 bits per heavy atom. The standard InChI is InChI=1S/C40H43NO6/c1-3-36(42)41-30-40(4-2)39(46-28-34-23-15-8-16-24-34)38(45-27-33-21-13-7-14-22-33)37(44-26-32-19-11-6-12-20-32)35(47-40)29-43-25-31-17-9-5-10-18-31/h3-24,35,37-39H,1-2,25-30H2,(H,41,42)/t35-,37-,38+,39-,40-/m1/s1. The van der Waals surface area contributed by atoms with Crippen molar-refractivity contribution < 1.29 is 28.5 Å². The molecular formula is C40H43NO6.